The molecule has 0 aliphatic rings. The molecule has 0 aliphatic heterocycles. The quantitative estimate of drug-likeness (QED) is 0.849. The van der Waals surface area contributed by atoms with Crippen molar-refractivity contribution in [3.05, 3.63) is 22.8 Å². The van der Waals surface area contributed by atoms with Crippen LogP contribution in [0.4, 0.5) is 18.3 Å². The van der Waals surface area contributed by atoms with E-state index in [1.165, 1.54) is 11.3 Å². The van der Waals surface area contributed by atoms with E-state index < -0.39 is 11.7 Å². The summed E-state index contributed by atoms with van der Waals surface area (Å²) in [6.07, 6.45) is -3.71. The van der Waals surface area contributed by atoms with Gasteiger partial charge >= 0.3 is 6.18 Å². The molecule has 10 heteroatoms. The van der Waals surface area contributed by atoms with Gasteiger partial charge < -0.3 is 4.90 Å². The highest BCUT2D eigenvalue weighted by Gasteiger charge is 2.31. The van der Waals surface area contributed by atoms with E-state index in [4.69, 9.17) is 11.6 Å². The molecule has 0 unspecified atom stereocenters. The molecule has 0 saturated carbocycles. The molecular weight excluding hydrogens is 333 g/mol. The summed E-state index contributed by atoms with van der Waals surface area (Å²) in [7, 11) is 3.64. The van der Waals surface area contributed by atoms with E-state index in [1.807, 2.05) is 14.1 Å². The number of aromatic nitrogens is 3. The smallest absolute Gasteiger partial charge is 0.353 e. The molecule has 0 radical (unpaired) electrons. The van der Waals surface area contributed by atoms with Crippen molar-refractivity contribution in [1.29, 1.82) is 0 Å². The first-order chi connectivity index (χ1) is 9.27. The van der Waals surface area contributed by atoms with Crippen LogP contribution >= 0.6 is 34.7 Å². The zero-order valence-corrected chi connectivity index (χ0v) is 12.7. The van der Waals surface area contributed by atoms with Crippen molar-refractivity contribution in [2.45, 2.75) is 15.5 Å². The largest absolute Gasteiger partial charge is 0.417 e. The Balaban J connectivity index is 2.21. The summed E-state index contributed by atoms with van der Waals surface area (Å²) in [5.74, 6) is 0. The first-order valence-corrected chi connectivity index (χ1v) is 7.20. The van der Waals surface area contributed by atoms with E-state index >= 15 is 0 Å². The number of pyridine rings is 1. The first-order valence-electron chi connectivity index (χ1n) is 5.19. The van der Waals surface area contributed by atoms with E-state index in [0.717, 1.165) is 24.0 Å². The van der Waals surface area contributed by atoms with Crippen molar-refractivity contribution in [1.82, 2.24) is 15.2 Å². The number of halogens is 4. The van der Waals surface area contributed by atoms with Crippen LogP contribution in [-0.2, 0) is 6.18 Å². The van der Waals surface area contributed by atoms with Crippen LogP contribution in [0.3, 0.4) is 0 Å². The zero-order valence-electron chi connectivity index (χ0n) is 10.3. The molecule has 0 aliphatic carbocycles. The highest BCUT2D eigenvalue weighted by atomic mass is 35.5. The fraction of sp³-hybridized carbons (Fsp3) is 0.300. The van der Waals surface area contributed by atoms with Crippen molar-refractivity contribution in [2.75, 3.05) is 19.0 Å². The van der Waals surface area contributed by atoms with Crippen LogP contribution in [0.15, 0.2) is 21.6 Å². The summed E-state index contributed by atoms with van der Waals surface area (Å²) >= 11 is 8.20. The molecule has 4 nitrogen and oxygen atoms in total. The number of anilines is 1. The topological polar surface area (TPSA) is 41.9 Å². The molecule has 0 saturated heterocycles. The number of hydrogen-bond donors (Lipinski definition) is 0. The maximum atomic E-state index is 12.5. The molecule has 2 heterocycles. The van der Waals surface area contributed by atoms with Gasteiger partial charge in [0, 0.05) is 20.3 Å². The van der Waals surface area contributed by atoms with E-state index in [-0.39, 0.29) is 10.0 Å². The average Bonchev–Trinajstić information content (AvgIpc) is 2.79. The lowest BCUT2D eigenvalue weighted by Gasteiger charge is -2.07. The van der Waals surface area contributed by atoms with Gasteiger partial charge in [-0.1, -0.05) is 22.9 Å². The molecule has 0 fully saturated rings. The summed E-state index contributed by atoms with van der Waals surface area (Å²) < 4.78 is 38.0. The van der Waals surface area contributed by atoms with Crippen molar-refractivity contribution in [3.8, 4) is 0 Å². The minimum Gasteiger partial charge on any atom is -0.353 e. The molecule has 2 rings (SSSR count). The molecule has 0 atom stereocenters. The Morgan fingerprint density at radius 2 is 2.00 bits per heavy atom. The fourth-order valence-corrected chi connectivity index (χ4v) is 3.08. The Morgan fingerprint density at radius 1 is 1.30 bits per heavy atom. The summed E-state index contributed by atoms with van der Waals surface area (Å²) in [5, 5.41) is 8.73. The highest BCUT2D eigenvalue weighted by molar-refractivity contribution is 8.01. The van der Waals surface area contributed by atoms with Crippen molar-refractivity contribution < 1.29 is 13.2 Å². The molecule has 0 spiro atoms. The van der Waals surface area contributed by atoms with Gasteiger partial charge in [0.25, 0.3) is 0 Å². The Hall–Kier alpha value is -1.06. The molecule has 2 aromatic rings. The Kier molecular flexibility index (Phi) is 4.40. The molecule has 0 bridgehead atoms. The van der Waals surface area contributed by atoms with Gasteiger partial charge in [-0.25, -0.2) is 4.98 Å². The minimum atomic E-state index is -4.46. The average molecular weight is 341 g/mol. The predicted molar refractivity (Wildman–Crippen MR) is 72.6 cm³/mol. The second-order valence-corrected chi connectivity index (χ2v) is 6.45. The second kappa shape index (κ2) is 5.74. The zero-order chi connectivity index (χ0) is 14.9. The molecule has 108 valence electrons. The summed E-state index contributed by atoms with van der Waals surface area (Å²) in [6.45, 7) is 0. The van der Waals surface area contributed by atoms with E-state index in [2.05, 4.69) is 15.2 Å². The molecule has 2 aromatic heterocycles. The lowest BCUT2D eigenvalue weighted by Crippen LogP contribution is -2.07. The Bertz CT molecular complexity index is 615. The standard InChI is InChI=1S/C10H8ClF3N4S2/c1-18(2)8-16-17-9(20-8)19-7-6(11)3-5(4-15-7)10(12,13)14/h3-4H,1-2H3. The van der Waals surface area contributed by atoms with Gasteiger partial charge in [-0.15, -0.1) is 10.2 Å². The van der Waals surface area contributed by atoms with Crippen LogP contribution < -0.4 is 4.90 Å². The SMILES string of the molecule is CN(C)c1nnc(Sc2ncc(C(F)(F)F)cc2Cl)s1. The molecule has 20 heavy (non-hydrogen) atoms. The van der Waals surface area contributed by atoms with Gasteiger partial charge in [0.15, 0.2) is 4.34 Å². The normalized spacial score (nSPS) is 11.7. The third-order valence-corrected chi connectivity index (χ3v) is 4.66. The van der Waals surface area contributed by atoms with Gasteiger partial charge in [-0.2, -0.15) is 13.2 Å². The number of rotatable bonds is 3. The summed E-state index contributed by atoms with van der Waals surface area (Å²) in [4.78, 5) is 5.51. The molecule has 0 aromatic carbocycles. The lowest BCUT2D eigenvalue weighted by molar-refractivity contribution is -0.137. The van der Waals surface area contributed by atoms with Crippen LogP contribution in [0, 0.1) is 0 Å². The predicted octanol–water partition coefficient (Wildman–Crippen LogP) is 3.82. The van der Waals surface area contributed by atoms with Gasteiger partial charge in [0.1, 0.15) is 5.03 Å². The minimum absolute atomic E-state index is 0.0635. The Labute approximate surface area is 126 Å². The first kappa shape index (κ1) is 15.3. The molecule has 0 N–H and O–H groups in total. The van der Waals surface area contributed by atoms with E-state index in [1.54, 1.807) is 4.90 Å². The maximum absolute atomic E-state index is 12.5. The van der Waals surface area contributed by atoms with E-state index in [0.29, 0.717) is 9.47 Å². The monoisotopic (exact) mass is 340 g/mol. The van der Waals surface area contributed by atoms with Crippen LogP contribution in [0.2, 0.25) is 5.02 Å². The van der Waals surface area contributed by atoms with Crippen LogP contribution in [-0.4, -0.2) is 29.3 Å². The molecule has 0 amide bonds. The van der Waals surface area contributed by atoms with Crippen molar-refractivity contribution >= 4 is 39.8 Å². The van der Waals surface area contributed by atoms with Crippen LogP contribution in [0.5, 0.6) is 0 Å². The molecular formula is C10H8ClF3N4S2. The van der Waals surface area contributed by atoms with Gasteiger partial charge in [0.05, 0.1) is 10.6 Å². The Morgan fingerprint density at radius 3 is 2.50 bits per heavy atom. The third-order valence-electron chi connectivity index (χ3n) is 2.10. The number of nitrogens with zero attached hydrogens (tertiary/aromatic N) is 4. The van der Waals surface area contributed by atoms with Gasteiger partial charge in [-0.05, 0) is 17.8 Å². The van der Waals surface area contributed by atoms with E-state index in [9.17, 15) is 13.2 Å². The maximum Gasteiger partial charge on any atom is 0.417 e. The fourth-order valence-electron chi connectivity index (χ4n) is 1.16. The number of hydrogen-bond acceptors (Lipinski definition) is 6. The van der Waals surface area contributed by atoms with Crippen molar-refractivity contribution in [3.63, 3.8) is 0 Å². The third kappa shape index (κ3) is 3.53. The highest BCUT2D eigenvalue weighted by Crippen LogP contribution is 2.37. The van der Waals surface area contributed by atoms with Gasteiger partial charge in [0.2, 0.25) is 5.13 Å². The summed E-state index contributed by atoms with van der Waals surface area (Å²) in [5.41, 5.74) is -0.877. The van der Waals surface area contributed by atoms with Gasteiger partial charge in [-0.3, -0.25) is 0 Å². The summed E-state index contributed by atoms with van der Waals surface area (Å²) in [6, 6.07) is 0.852. The van der Waals surface area contributed by atoms with Crippen LogP contribution in [0.1, 0.15) is 5.56 Å². The second-order valence-electron chi connectivity index (χ2n) is 3.86. The van der Waals surface area contributed by atoms with Crippen LogP contribution in [0.25, 0.3) is 0 Å². The lowest BCUT2D eigenvalue weighted by atomic mass is 10.3. The van der Waals surface area contributed by atoms with Crippen molar-refractivity contribution in [2.24, 2.45) is 0 Å². The number of alkyl halides is 3.